The molecule has 0 bridgehead atoms. The molecule has 2 heterocycles. The molecular formula is C25H18FNO4. The Morgan fingerprint density at radius 1 is 1.03 bits per heavy atom. The van der Waals surface area contributed by atoms with Crippen LogP contribution in [0.3, 0.4) is 0 Å². The van der Waals surface area contributed by atoms with Gasteiger partial charge in [-0.15, -0.1) is 0 Å². The molecule has 1 aliphatic rings. The number of hydrogen-bond donors (Lipinski definition) is 1. The number of carbonyl (C=O) groups is 1. The van der Waals surface area contributed by atoms with Gasteiger partial charge >= 0.3 is 0 Å². The van der Waals surface area contributed by atoms with Crippen molar-refractivity contribution in [1.29, 1.82) is 0 Å². The van der Waals surface area contributed by atoms with E-state index < -0.39 is 23.2 Å². The summed E-state index contributed by atoms with van der Waals surface area (Å²) >= 11 is 0. The third-order valence-corrected chi connectivity index (χ3v) is 5.64. The molecule has 5 rings (SSSR count). The average Bonchev–Trinajstić information content (AvgIpc) is 3.07. The monoisotopic (exact) mass is 415 g/mol. The topological polar surface area (TPSA) is 70.8 Å². The highest BCUT2D eigenvalue weighted by molar-refractivity contribution is 6.10. The SMILES string of the molecule is CCc1ccc(N2C(=O)c3oc4ccc(F)cc4c(=O)c3C2c2cccc(O)c2)cc1. The Bertz CT molecular complexity index is 1390. The third-order valence-electron chi connectivity index (χ3n) is 5.64. The van der Waals surface area contributed by atoms with E-state index in [1.165, 1.54) is 29.2 Å². The highest BCUT2D eigenvalue weighted by Crippen LogP contribution is 2.41. The number of hydrogen-bond acceptors (Lipinski definition) is 4. The number of phenols is 1. The number of amides is 1. The minimum atomic E-state index is -0.814. The Balaban J connectivity index is 1.80. The zero-order chi connectivity index (χ0) is 21.7. The summed E-state index contributed by atoms with van der Waals surface area (Å²) in [6.07, 6.45) is 0.849. The Labute approximate surface area is 177 Å². The minimum absolute atomic E-state index is 0.0101. The van der Waals surface area contributed by atoms with Crippen molar-refractivity contribution in [2.75, 3.05) is 4.90 Å². The van der Waals surface area contributed by atoms with Crippen LogP contribution in [-0.4, -0.2) is 11.0 Å². The van der Waals surface area contributed by atoms with E-state index in [0.717, 1.165) is 18.1 Å². The van der Waals surface area contributed by atoms with E-state index in [2.05, 4.69) is 0 Å². The fourth-order valence-electron chi connectivity index (χ4n) is 4.11. The van der Waals surface area contributed by atoms with E-state index in [1.807, 2.05) is 31.2 Å². The van der Waals surface area contributed by atoms with Gasteiger partial charge in [-0.2, -0.15) is 0 Å². The molecule has 5 nitrogen and oxygen atoms in total. The van der Waals surface area contributed by atoms with Crippen LogP contribution >= 0.6 is 0 Å². The van der Waals surface area contributed by atoms with Crippen molar-refractivity contribution in [2.24, 2.45) is 0 Å². The Morgan fingerprint density at radius 3 is 2.52 bits per heavy atom. The van der Waals surface area contributed by atoms with Crippen molar-refractivity contribution in [3.8, 4) is 5.75 Å². The molecular weight excluding hydrogens is 397 g/mol. The second kappa shape index (κ2) is 7.09. The van der Waals surface area contributed by atoms with Crippen molar-refractivity contribution in [3.05, 3.63) is 105 Å². The first-order valence-corrected chi connectivity index (χ1v) is 9.95. The van der Waals surface area contributed by atoms with E-state index in [-0.39, 0.29) is 28.0 Å². The van der Waals surface area contributed by atoms with Gasteiger partial charge in [-0.1, -0.05) is 31.2 Å². The van der Waals surface area contributed by atoms with Crippen molar-refractivity contribution in [2.45, 2.75) is 19.4 Å². The smallest absolute Gasteiger partial charge is 0.295 e. The zero-order valence-electron chi connectivity index (χ0n) is 16.6. The number of aryl methyl sites for hydroxylation is 1. The van der Waals surface area contributed by atoms with Crippen LogP contribution in [0.5, 0.6) is 5.75 Å². The molecule has 4 aromatic rings. The van der Waals surface area contributed by atoms with Crippen LogP contribution in [0.15, 0.2) is 75.9 Å². The lowest BCUT2D eigenvalue weighted by Gasteiger charge is -2.25. The van der Waals surface area contributed by atoms with Gasteiger partial charge in [-0.05, 0) is 60.0 Å². The summed E-state index contributed by atoms with van der Waals surface area (Å²) in [5.41, 5.74) is 2.07. The number of aromatic hydroxyl groups is 1. The van der Waals surface area contributed by atoms with Crippen LogP contribution in [0.4, 0.5) is 10.1 Å². The first kappa shape index (κ1) is 19.1. The maximum absolute atomic E-state index is 13.8. The molecule has 0 saturated heterocycles. The molecule has 1 aliphatic heterocycles. The van der Waals surface area contributed by atoms with Crippen LogP contribution in [-0.2, 0) is 6.42 Å². The van der Waals surface area contributed by atoms with E-state index in [4.69, 9.17) is 4.42 Å². The first-order chi connectivity index (χ1) is 15.0. The molecule has 1 aromatic heterocycles. The quantitative estimate of drug-likeness (QED) is 0.514. The molecule has 0 aliphatic carbocycles. The molecule has 1 atom stereocenters. The normalized spacial score (nSPS) is 15.5. The van der Waals surface area contributed by atoms with Crippen LogP contribution in [0.25, 0.3) is 11.0 Å². The number of carbonyl (C=O) groups excluding carboxylic acids is 1. The molecule has 154 valence electrons. The van der Waals surface area contributed by atoms with Crippen molar-refractivity contribution < 1.29 is 18.7 Å². The van der Waals surface area contributed by atoms with E-state index >= 15 is 0 Å². The number of halogens is 1. The van der Waals surface area contributed by atoms with Gasteiger partial charge in [0, 0.05) is 5.69 Å². The number of benzene rings is 3. The summed E-state index contributed by atoms with van der Waals surface area (Å²) in [7, 11) is 0. The predicted octanol–water partition coefficient (Wildman–Crippen LogP) is 4.95. The minimum Gasteiger partial charge on any atom is -0.508 e. The number of fused-ring (bicyclic) bond motifs is 2. The lowest BCUT2D eigenvalue weighted by molar-refractivity contribution is 0.0971. The fraction of sp³-hybridized carbons (Fsp3) is 0.120. The predicted molar refractivity (Wildman–Crippen MR) is 115 cm³/mol. The van der Waals surface area contributed by atoms with Crippen LogP contribution < -0.4 is 10.3 Å². The lowest BCUT2D eigenvalue weighted by Crippen LogP contribution is -2.29. The number of anilines is 1. The average molecular weight is 415 g/mol. The summed E-state index contributed by atoms with van der Waals surface area (Å²) < 4.78 is 19.7. The van der Waals surface area contributed by atoms with Crippen LogP contribution in [0.1, 0.15) is 40.2 Å². The van der Waals surface area contributed by atoms with E-state index in [9.17, 15) is 19.1 Å². The highest BCUT2D eigenvalue weighted by Gasteiger charge is 2.43. The molecule has 1 unspecified atom stereocenters. The Kier molecular flexibility index (Phi) is 4.36. The molecule has 31 heavy (non-hydrogen) atoms. The van der Waals surface area contributed by atoms with Gasteiger partial charge in [0.15, 0.2) is 5.43 Å². The molecule has 6 heteroatoms. The van der Waals surface area contributed by atoms with Gasteiger partial charge in [-0.3, -0.25) is 14.5 Å². The summed E-state index contributed by atoms with van der Waals surface area (Å²) in [6.45, 7) is 2.04. The maximum Gasteiger partial charge on any atom is 0.295 e. The lowest BCUT2D eigenvalue weighted by atomic mass is 9.98. The van der Waals surface area contributed by atoms with Gasteiger partial charge in [0.1, 0.15) is 17.1 Å². The van der Waals surface area contributed by atoms with Gasteiger partial charge in [0.05, 0.1) is 17.0 Å². The summed E-state index contributed by atoms with van der Waals surface area (Å²) in [5, 5.41) is 10.1. The van der Waals surface area contributed by atoms with Crippen molar-refractivity contribution in [3.63, 3.8) is 0 Å². The summed E-state index contributed by atoms with van der Waals surface area (Å²) in [6, 6.07) is 16.7. The van der Waals surface area contributed by atoms with Gasteiger partial charge in [0.2, 0.25) is 5.76 Å². The third kappa shape index (κ3) is 2.99. The first-order valence-electron chi connectivity index (χ1n) is 9.95. The molecule has 0 radical (unpaired) electrons. The van der Waals surface area contributed by atoms with E-state index in [1.54, 1.807) is 12.1 Å². The van der Waals surface area contributed by atoms with Crippen LogP contribution in [0.2, 0.25) is 0 Å². The zero-order valence-corrected chi connectivity index (χ0v) is 16.6. The molecule has 3 aromatic carbocycles. The van der Waals surface area contributed by atoms with E-state index in [0.29, 0.717) is 11.3 Å². The van der Waals surface area contributed by atoms with Gasteiger partial charge < -0.3 is 9.52 Å². The second-order valence-corrected chi connectivity index (χ2v) is 7.51. The Morgan fingerprint density at radius 2 is 1.81 bits per heavy atom. The van der Waals surface area contributed by atoms with Crippen LogP contribution in [0, 0.1) is 5.82 Å². The maximum atomic E-state index is 13.8. The van der Waals surface area contributed by atoms with Gasteiger partial charge in [-0.25, -0.2) is 4.39 Å². The largest absolute Gasteiger partial charge is 0.508 e. The fourth-order valence-corrected chi connectivity index (χ4v) is 4.11. The molecule has 1 N–H and O–H groups in total. The Hall–Kier alpha value is -3.93. The standard InChI is InChI=1S/C25H18FNO4/c1-2-14-6-9-17(10-7-14)27-22(15-4-3-5-18(28)12-15)21-23(29)19-13-16(26)8-11-20(19)31-24(21)25(27)30/h3-13,22,28H,2H2,1H3. The van der Waals surface area contributed by atoms with Crippen molar-refractivity contribution in [1.82, 2.24) is 0 Å². The highest BCUT2D eigenvalue weighted by atomic mass is 19.1. The summed E-state index contributed by atoms with van der Waals surface area (Å²) in [5.74, 6) is -1.09. The number of rotatable bonds is 3. The molecule has 0 spiro atoms. The van der Waals surface area contributed by atoms with Gasteiger partial charge in [0.25, 0.3) is 5.91 Å². The molecule has 0 saturated carbocycles. The molecule has 1 amide bonds. The second-order valence-electron chi connectivity index (χ2n) is 7.51. The number of nitrogens with zero attached hydrogens (tertiary/aromatic N) is 1. The van der Waals surface area contributed by atoms with Crippen molar-refractivity contribution >= 4 is 22.6 Å². The number of phenolic OH excluding ortho intramolecular Hbond substituents is 1. The summed E-state index contributed by atoms with van der Waals surface area (Å²) in [4.78, 5) is 28.3. The molecule has 0 fully saturated rings.